The Morgan fingerprint density at radius 1 is 1.10 bits per heavy atom. The monoisotopic (exact) mass is 310 g/mol. The van der Waals surface area contributed by atoms with E-state index in [1.54, 1.807) is 0 Å². The molecule has 0 saturated carbocycles. The normalized spacial score (nSPS) is 13.0. The third-order valence-electron chi connectivity index (χ3n) is 3.76. The smallest absolute Gasteiger partial charge is 0.240 e. The molecule has 1 atom stereocenters. The molecule has 0 bridgehead atoms. The summed E-state index contributed by atoms with van der Waals surface area (Å²) in [4.78, 5) is 16.7. The summed E-state index contributed by atoms with van der Waals surface area (Å²) in [6.07, 6.45) is 0. The molecule has 1 aromatic rings. The van der Waals surface area contributed by atoms with Crippen LogP contribution in [0.3, 0.4) is 0 Å². The van der Waals surface area contributed by atoms with Gasteiger partial charge < -0.3 is 4.90 Å². The number of benzene rings is 1. The number of likely N-dealkylation sites (N-methyl/N-ethyl adjacent to an activating group) is 1. The Morgan fingerprint density at radius 2 is 1.62 bits per heavy atom. The largest absolute Gasteiger partial charge is 0.336 e. The Bertz CT molecular complexity index is 466. The van der Waals surface area contributed by atoms with Crippen molar-refractivity contribution in [3.63, 3.8) is 0 Å². The molecule has 0 radical (unpaired) electrons. The molecule has 4 heteroatoms. The maximum absolute atomic E-state index is 12.7. The fraction of sp³-hybridized carbons (Fsp3) is 0.588. The highest BCUT2D eigenvalue weighted by molar-refractivity contribution is 6.31. The fourth-order valence-corrected chi connectivity index (χ4v) is 2.74. The number of hydrogen-bond donors (Lipinski definition) is 0. The van der Waals surface area contributed by atoms with Crippen LogP contribution in [0.1, 0.15) is 40.2 Å². The van der Waals surface area contributed by atoms with Crippen molar-refractivity contribution in [2.75, 3.05) is 7.05 Å². The van der Waals surface area contributed by atoms with Crippen LogP contribution < -0.4 is 0 Å². The number of amides is 1. The van der Waals surface area contributed by atoms with E-state index in [2.05, 4.69) is 27.7 Å². The van der Waals surface area contributed by atoms with Crippen LogP contribution in [0.15, 0.2) is 24.3 Å². The summed E-state index contributed by atoms with van der Waals surface area (Å²) in [5.74, 6) is 0.162. The van der Waals surface area contributed by atoms with Crippen molar-refractivity contribution in [3.05, 3.63) is 34.9 Å². The minimum atomic E-state index is -0.175. The number of carbonyl (C=O) groups excluding carboxylic acids is 1. The summed E-state index contributed by atoms with van der Waals surface area (Å²) in [5.41, 5.74) is 1.04. The standard InChI is InChI=1S/C17H27ClN2O/c1-12(2)20(13(3)4)17(21)14(5)19(6)11-15-9-7-8-10-16(15)18/h7-10,12-14H,11H2,1-6H3/t14-/m0/s1. The zero-order chi connectivity index (χ0) is 16.2. The van der Waals surface area contributed by atoms with Crippen LogP contribution in [0.2, 0.25) is 5.02 Å². The van der Waals surface area contributed by atoms with Gasteiger partial charge in [0, 0.05) is 23.7 Å². The first kappa shape index (κ1) is 18.0. The van der Waals surface area contributed by atoms with Crippen molar-refractivity contribution < 1.29 is 4.79 Å². The van der Waals surface area contributed by atoms with Gasteiger partial charge in [-0.05, 0) is 53.3 Å². The molecule has 0 aliphatic heterocycles. The van der Waals surface area contributed by atoms with Crippen molar-refractivity contribution >= 4 is 17.5 Å². The maximum Gasteiger partial charge on any atom is 0.240 e. The quantitative estimate of drug-likeness (QED) is 0.798. The second-order valence-corrected chi connectivity index (χ2v) is 6.52. The Labute approximate surface area is 133 Å². The summed E-state index contributed by atoms with van der Waals surface area (Å²) < 4.78 is 0. The Morgan fingerprint density at radius 3 is 2.10 bits per heavy atom. The van der Waals surface area contributed by atoms with Crippen molar-refractivity contribution in [1.82, 2.24) is 9.80 Å². The van der Waals surface area contributed by atoms with Gasteiger partial charge in [-0.1, -0.05) is 29.8 Å². The lowest BCUT2D eigenvalue weighted by Gasteiger charge is -2.36. The van der Waals surface area contributed by atoms with Crippen LogP contribution >= 0.6 is 11.6 Å². The number of nitrogens with zero attached hydrogens (tertiary/aromatic N) is 2. The van der Waals surface area contributed by atoms with E-state index in [1.807, 2.05) is 48.0 Å². The van der Waals surface area contributed by atoms with Gasteiger partial charge in [-0.2, -0.15) is 0 Å². The molecule has 0 heterocycles. The van der Waals surface area contributed by atoms with E-state index in [4.69, 9.17) is 11.6 Å². The van der Waals surface area contributed by atoms with Crippen LogP contribution in [0.4, 0.5) is 0 Å². The SMILES string of the molecule is CC(C)N(C(=O)[C@H](C)N(C)Cc1ccccc1Cl)C(C)C. The van der Waals surface area contributed by atoms with Gasteiger partial charge >= 0.3 is 0 Å². The molecule has 118 valence electrons. The summed E-state index contributed by atoms with van der Waals surface area (Å²) in [6.45, 7) is 10.8. The van der Waals surface area contributed by atoms with Gasteiger partial charge in [0.1, 0.15) is 0 Å². The molecule has 0 saturated heterocycles. The zero-order valence-corrected chi connectivity index (χ0v) is 14.7. The predicted octanol–water partition coefficient (Wildman–Crippen LogP) is 3.81. The van der Waals surface area contributed by atoms with E-state index in [0.29, 0.717) is 6.54 Å². The molecule has 1 aromatic carbocycles. The van der Waals surface area contributed by atoms with E-state index < -0.39 is 0 Å². The van der Waals surface area contributed by atoms with E-state index in [-0.39, 0.29) is 24.0 Å². The van der Waals surface area contributed by atoms with Crippen LogP contribution in [-0.4, -0.2) is 40.9 Å². The van der Waals surface area contributed by atoms with Gasteiger partial charge in [0.05, 0.1) is 6.04 Å². The van der Waals surface area contributed by atoms with Gasteiger partial charge in [0.25, 0.3) is 0 Å². The van der Waals surface area contributed by atoms with Gasteiger partial charge in [0.2, 0.25) is 5.91 Å². The lowest BCUT2D eigenvalue weighted by molar-refractivity contribution is -0.139. The van der Waals surface area contributed by atoms with Gasteiger partial charge in [-0.25, -0.2) is 0 Å². The highest BCUT2D eigenvalue weighted by Crippen LogP contribution is 2.18. The van der Waals surface area contributed by atoms with Crippen molar-refractivity contribution in [2.24, 2.45) is 0 Å². The molecule has 0 aliphatic carbocycles. The van der Waals surface area contributed by atoms with E-state index in [1.165, 1.54) is 0 Å². The first-order chi connectivity index (χ1) is 9.75. The highest BCUT2D eigenvalue weighted by Gasteiger charge is 2.27. The number of carbonyl (C=O) groups is 1. The number of rotatable bonds is 6. The van der Waals surface area contributed by atoms with E-state index in [0.717, 1.165) is 10.6 Å². The Kier molecular flexibility index (Phi) is 6.69. The third-order valence-corrected chi connectivity index (χ3v) is 4.13. The second kappa shape index (κ2) is 7.81. The first-order valence-electron chi connectivity index (χ1n) is 7.51. The molecule has 1 rings (SSSR count). The Balaban J connectivity index is 2.80. The second-order valence-electron chi connectivity index (χ2n) is 6.12. The molecule has 1 amide bonds. The van der Waals surface area contributed by atoms with Gasteiger partial charge in [-0.15, -0.1) is 0 Å². The van der Waals surface area contributed by atoms with Gasteiger partial charge in [0.15, 0.2) is 0 Å². The molecule has 21 heavy (non-hydrogen) atoms. The first-order valence-corrected chi connectivity index (χ1v) is 7.89. The average Bonchev–Trinajstić information content (AvgIpc) is 2.39. The lowest BCUT2D eigenvalue weighted by Crippen LogP contribution is -2.50. The fourth-order valence-electron chi connectivity index (χ4n) is 2.54. The minimum Gasteiger partial charge on any atom is -0.336 e. The highest BCUT2D eigenvalue weighted by atomic mass is 35.5. The third kappa shape index (κ3) is 4.72. The summed E-state index contributed by atoms with van der Waals surface area (Å²) >= 11 is 6.19. The molecular weight excluding hydrogens is 284 g/mol. The van der Waals surface area contributed by atoms with Crippen molar-refractivity contribution in [1.29, 1.82) is 0 Å². The average molecular weight is 311 g/mol. The summed E-state index contributed by atoms with van der Waals surface area (Å²) in [5, 5.41) is 0.744. The molecule has 3 nitrogen and oxygen atoms in total. The van der Waals surface area contributed by atoms with Gasteiger partial charge in [-0.3, -0.25) is 9.69 Å². The molecule has 0 unspecified atom stereocenters. The molecule has 0 fully saturated rings. The lowest BCUT2D eigenvalue weighted by atomic mass is 10.1. The molecular formula is C17H27ClN2O. The van der Waals surface area contributed by atoms with Crippen molar-refractivity contribution in [2.45, 2.75) is 59.3 Å². The molecule has 0 N–H and O–H groups in total. The molecule has 0 aromatic heterocycles. The summed E-state index contributed by atoms with van der Waals surface area (Å²) in [6, 6.07) is 7.99. The van der Waals surface area contributed by atoms with Crippen LogP contribution in [0.25, 0.3) is 0 Å². The summed E-state index contributed by atoms with van der Waals surface area (Å²) in [7, 11) is 1.96. The molecule has 0 spiro atoms. The van der Waals surface area contributed by atoms with E-state index in [9.17, 15) is 4.79 Å². The topological polar surface area (TPSA) is 23.6 Å². The maximum atomic E-state index is 12.7. The number of halogens is 1. The molecule has 0 aliphatic rings. The van der Waals surface area contributed by atoms with Crippen molar-refractivity contribution in [3.8, 4) is 0 Å². The Hall–Kier alpha value is -1.06. The van der Waals surface area contributed by atoms with Crippen LogP contribution in [0.5, 0.6) is 0 Å². The van der Waals surface area contributed by atoms with E-state index >= 15 is 0 Å². The predicted molar refractivity (Wildman–Crippen MR) is 89.5 cm³/mol. The zero-order valence-electron chi connectivity index (χ0n) is 13.9. The minimum absolute atomic E-state index is 0.162. The van der Waals surface area contributed by atoms with Crippen LogP contribution in [-0.2, 0) is 11.3 Å². The number of hydrogen-bond acceptors (Lipinski definition) is 2. The van der Waals surface area contributed by atoms with Crippen LogP contribution in [0, 0.1) is 0 Å².